The van der Waals surface area contributed by atoms with E-state index in [0.717, 1.165) is 55.3 Å². The van der Waals surface area contributed by atoms with Crippen molar-refractivity contribution in [2.24, 2.45) is 5.41 Å². The number of likely N-dealkylation sites (tertiary alicyclic amines) is 1. The van der Waals surface area contributed by atoms with Crippen molar-refractivity contribution in [2.75, 3.05) is 26.8 Å². The molecular formula is C21H29N3O3. The number of aromatic amines is 1. The molecule has 1 aliphatic heterocycles. The van der Waals surface area contributed by atoms with Gasteiger partial charge in [-0.3, -0.25) is 9.69 Å². The van der Waals surface area contributed by atoms with Gasteiger partial charge in [0.1, 0.15) is 11.6 Å². The molecule has 0 unspecified atom stereocenters. The molecule has 0 saturated carbocycles. The van der Waals surface area contributed by atoms with Crippen molar-refractivity contribution in [3.8, 4) is 5.75 Å². The lowest BCUT2D eigenvalue weighted by atomic mass is 9.73. The molecule has 6 heteroatoms. The third kappa shape index (κ3) is 4.69. The molecule has 2 heterocycles. The Kier molecular flexibility index (Phi) is 6.16. The van der Waals surface area contributed by atoms with Gasteiger partial charge in [0, 0.05) is 18.4 Å². The third-order valence-corrected chi connectivity index (χ3v) is 5.35. The molecular weight excluding hydrogens is 342 g/mol. The number of hydrogen-bond donors (Lipinski definition) is 1. The normalized spacial score (nSPS) is 16.9. The van der Waals surface area contributed by atoms with E-state index in [-0.39, 0.29) is 5.97 Å². The third-order valence-electron chi connectivity index (χ3n) is 5.35. The Morgan fingerprint density at radius 1 is 1.33 bits per heavy atom. The summed E-state index contributed by atoms with van der Waals surface area (Å²) in [7, 11) is 1.66. The largest absolute Gasteiger partial charge is 0.497 e. The highest BCUT2D eigenvalue weighted by Gasteiger charge is 2.42. The lowest BCUT2D eigenvalue weighted by Crippen LogP contribution is -2.46. The number of aromatic nitrogens is 2. The van der Waals surface area contributed by atoms with Crippen LogP contribution in [0.5, 0.6) is 5.75 Å². The quantitative estimate of drug-likeness (QED) is 0.758. The zero-order valence-electron chi connectivity index (χ0n) is 16.5. The Labute approximate surface area is 160 Å². The predicted molar refractivity (Wildman–Crippen MR) is 104 cm³/mol. The van der Waals surface area contributed by atoms with E-state index in [4.69, 9.17) is 9.47 Å². The van der Waals surface area contributed by atoms with Gasteiger partial charge in [-0.05, 0) is 63.9 Å². The summed E-state index contributed by atoms with van der Waals surface area (Å²) in [5, 5.41) is 0. The minimum atomic E-state index is -0.469. The number of aryl methyl sites for hydroxylation is 1. The maximum absolute atomic E-state index is 12.9. The summed E-state index contributed by atoms with van der Waals surface area (Å²) in [4.78, 5) is 22.8. The topological polar surface area (TPSA) is 67.5 Å². The van der Waals surface area contributed by atoms with Gasteiger partial charge in [-0.1, -0.05) is 12.1 Å². The van der Waals surface area contributed by atoms with Gasteiger partial charge >= 0.3 is 5.97 Å². The van der Waals surface area contributed by atoms with Crippen LogP contribution in [0.25, 0.3) is 0 Å². The van der Waals surface area contributed by atoms with Crippen molar-refractivity contribution in [2.45, 2.75) is 39.7 Å². The molecule has 3 rings (SSSR count). The van der Waals surface area contributed by atoms with Crippen LogP contribution >= 0.6 is 0 Å². The molecule has 1 saturated heterocycles. The van der Waals surface area contributed by atoms with E-state index < -0.39 is 5.41 Å². The summed E-state index contributed by atoms with van der Waals surface area (Å²) < 4.78 is 10.8. The number of esters is 1. The van der Waals surface area contributed by atoms with E-state index in [9.17, 15) is 4.79 Å². The standard InChI is InChI=1S/C21H29N3O3/c1-4-27-20(25)21(13-17-6-5-7-19(12-17)26-3)8-10-24(11-9-21)15-18-14-22-16(2)23-18/h5-7,12,14H,4,8-11,13,15H2,1-3H3,(H,22,23). The number of nitrogens with one attached hydrogen (secondary N) is 1. The van der Waals surface area contributed by atoms with E-state index in [1.165, 1.54) is 0 Å². The molecule has 6 nitrogen and oxygen atoms in total. The molecule has 27 heavy (non-hydrogen) atoms. The number of methoxy groups -OCH3 is 1. The number of H-pyrrole nitrogens is 1. The van der Waals surface area contributed by atoms with Gasteiger partial charge in [0.05, 0.1) is 19.1 Å². The summed E-state index contributed by atoms with van der Waals surface area (Å²) in [6.45, 7) is 6.79. The molecule has 1 aliphatic rings. The fraction of sp³-hybridized carbons (Fsp3) is 0.524. The molecule has 0 atom stereocenters. The Bertz CT molecular complexity index is 764. The van der Waals surface area contributed by atoms with Crippen LogP contribution in [0.4, 0.5) is 0 Å². The van der Waals surface area contributed by atoms with Gasteiger partial charge in [-0.2, -0.15) is 0 Å². The van der Waals surface area contributed by atoms with Gasteiger partial charge in [0.2, 0.25) is 0 Å². The second-order valence-electron chi connectivity index (χ2n) is 7.30. The van der Waals surface area contributed by atoms with E-state index >= 15 is 0 Å². The lowest BCUT2D eigenvalue weighted by molar-refractivity contribution is -0.158. The Morgan fingerprint density at radius 2 is 2.11 bits per heavy atom. The number of imidazole rings is 1. The average Bonchev–Trinajstić information content (AvgIpc) is 3.08. The van der Waals surface area contributed by atoms with Gasteiger partial charge < -0.3 is 14.5 Å². The molecule has 0 bridgehead atoms. The average molecular weight is 371 g/mol. The summed E-state index contributed by atoms with van der Waals surface area (Å²) in [5.74, 6) is 1.67. The van der Waals surface area contributed by atoms with Crippen molar-refractivity contribution >= 4 is 5.97 Å². The number of benzene rings is 1. The fourth-order valence-electron chi connectivity index (χ4n) is 3.84. The van der Waals surface area contributed by atoms with E-state index in [1.807, 2.05) is 38.2 Å². The zero-order chi connectivity index (χ0) is 19.3. The van der Waals surface area contributed by atoms with Crippen LogP contribution in [0.1, 0.15) is 36.8 Å². The molecule has 0 radical (unpaired) electrons. The molecule has 2 aromatic rings. The maximum Gasteiger partial charge on any atom is 0.312 e. The van der Waals surface area contributed by atoms with Crippen LogP contribution in [0.2, 0.25) is 0 Å². The molecule has 1 fully saturated rings. The second-order valence-corrected chi connectivity index (χ2v) is 7.30. The number of ether oxygens (including phenoxy) is 2. The molecule has 1 N–H and O–H groups in total. The van der Waals surface area contributed by atoms with Crippen LogP contribution in [0.15, 0.2) is 30.5 Å². The van der Waals surface area contributed by atoms with Crippen LogP contribution in [-0.4, -0.2) is 47.6 Å². The monoisotopic (exact) mass is 371 g/mol. The first-order valence-electron chi connectivity index (χ1n) is 9.57. The Hall–Kier alpha value is -2.34. The summed E-state index contributed by atoms with van der Waals surface area (Å²) >= 11 is 0. The highest BCUT2D eigenvalue weighted by Crippen LogP contribution is 2.37. The van der Waals surface area contributed by atoms with E-state index in [2.05, 4.69) is 20.9 Å². The number of rotatable bonds is 7. The molecule has 0 amide bonds. The Morgan fingerprint density at radius 3 is 2.74 bits per heavy atom. The van der Waals surface area contributed by atoms with Gasteiger partial charge in [-0.15, -0.1) is 0 Å². The summed E-state index contributed by atoms with van der Waals surface area (Å²) in [6, 6.07) is 7.97. The molecule has 1 aromatic heterocycles. The minimum Gasteiger partial charge on any atom is -0.497 e. The molecule has 146 valence electrons. The molecule has 0 aliphatic carbocycles. The zero-order valence-corrected chi connectivity index (χ0v) is 16.5. The summed E-state index contributed by atoms with van der Waals surface area (Å²) in [5.41, 5.74) is 1.76. The van der Waals surface area contributed by atoms with E-state index in [0.29, 0.717) is 13.0 Å². The van der Waals surface area contributed by atoms with E-state index in [1.54, 1.807) is 7.11 Å². The number of piperidine rings is 1. The smallest absolute Gasteiger partial charge is 0.312 e. The Balaban J connectivity index is 1.71. The van der Waals surface area contributed by atoms with Crippen molar-refractivity contribution in [1.29, 1.82) is 0 Å². The van der Waals surface area contributed by atoms with Crippen LogP contribution < -0.4 is 4.74 Å². The maximum atomic E-state index is 12.9. The number of nitrogens with zero attached hydrogens (tertiary/aromatic N) is 2. The van der Waals surface area contributed by atoms with Crippen LogP contribution in [0, 0.1) is 12.3 Å². The SMILES string of the molecule is CCOC(=O)C1(Cc2cccc(OC)c2)CCN(Cc2cnc(C)[nH]2)CC1. The minimum absolute atomic E-state index is 0.0788. The van der Waals surface area contributed by atoms with Crippen molar-refractivity contribution in [3.63, 3.8) is 0 Å². The first kappa shape index (κ1) is 19.4. The second kappa shape index (κ2) is 8.57. The number of hydrogen-bond acceptors (Lipinski definition) is 5. The lowest BCUT2D eigenvalue weighted by Gasteiger charge is -2.40. The van der Waals surface area contributed by atoms with Crippen LogP contribution in [-0.2, 0) is 22.5 Å². The fourth-order valence-corrected chi connectivity index (χ4v) is 3.84. The van der Waals surface area contributed by atoms with Crippen molar-refractivity contribution in [1.82, 2.24) is 14.9 Å². The number of carbonyl (C=O) groups is 1. The summed E-state index contributed by atoms with van der Waals surface area (Å²) in [6.07, 6.45) is 4.14. The highest BCUT2D eigenvalue weighted by atomic mass is 16.5. The number of carbonyl (C=O) groups excluding carboxylic acids is 1. The first-order chi connectivity index (χ1) is 13.0. The molecule has 1 aromatic carbocycles. The van der Waals surface area contributed by atoms with Gasteiger partial charge in [-0.25, -0.2) is 4.98 Å². The molecule has 0 spiro atoms. The van der Waals surface area contributed by atoms with Gasteiger partial charge in [0.25, 0.3) is 0 Å². The van der Waals surface area contributed by atoms with Crippen molar-refractivity contribution in [3.05, 3.63) is 47.5 Å². The first-order valence-corrected chi connectivity index (χ1v) is 9.57. The van der Waals surface area contributed by atoms with Crippen LogP contribution in [0.3, 0.4) is 0 Å². The van der Waals surface area contributed by atoms with Crippen molar-refractivity contribution < 1.29 is 14.3 Å². The predicted octanol–water partition coefficient (Wildman–Crippen LogP) is 3.11. The highest BCUT2D eigenvalue weighted by molar-refractivity contribution is 5.77. The van der Waals surface area contributed by atoms with Gasteiger partial charge in [0.15, 0.2) is 0 Å².